The van der Waals surface area contributed by atoms with Gasteiger partial charge in [-0.25, -0.2) is 0 Å². The molecule has 0 aromatic heterocycles. The maximum Gasteiger partial charge on any atom is 0.269 e. The summed E-state index contributed by atoms with van der Waals surface area (Å²) in [5, 5.41) is 0. The summed E-state index contributed by atoms with van der Waals surface area (Å²) < 4.78 is 4.61. The first kappa shape index (κ1) is 13.2. The minimum atomic E-state index is -0.397. The molecule has 0 spiro atoms. The fourth-order valence-electron chi connectivity index (χ4n) is 1.26. The lowest BCUT2D eigenvalue weighted by atomic mass is 10.1. The summed E-state index contributed by atoms with van der Waals surface area (Å²) in [6.07, 6.45) is 0.923. The van der Waals surface area contributed by atoms with Gasteiger partial charge < -0.3 is 4.74 Å². The molecular formula is C12H16N2O3. The third kappa shape index (κ3) is 4.24. The maximum atomic E-state index is 11.6. The van der Waals surface area contributed by atoms with Gasteiger partial charge in [-0.3, -0.25) is 20.4 Å². The van der Waals surface area contributed by atoms with E-state index in [4.69, 9.17) is 0 Å². The average molecular weight is 236 g/mol. The Morgan fingerprint density at radius 2 is 1.82 bits per heavy atom. The minimum Gasteiger partial charge on any atom is -0.375 e. The summed E-state index contributed by atoms with van der Waals surface area (Å²) in [7, 11) is 1.41. The van der Waals surface area contributed by atoms with Crippen LogP contribution in [0.25, 0.3) is 0 Å². The minimum absolute atomic E-state index is 0.0882. The van der Waals surface area contributed by atoms with Crippen LogP contribution in [0.1, 0.15) is 22.8 Å². The van der Waals surface area contributed by atoms with Gasteiger partial charge in [0.2, 0.25) is 0 Å². The van der Waals surface area contributed by atoms with Crippen molar-refractivity contribution in [3.8, 4) is 0 Å². The largest absolute Gasteiger partial charge is 0.375 e. The fourth-order valence-corrected chi connectivity index (χ4v) is 1.26. The molecule has 2 amide bonds. The molecule has 0 aliphatic heterocycles. The van der Waals surface area contributed by atoms with E-state index in [1.807, 2.05) is 19.1 Å². The quantitative estimate of drug-likeness (QED) is 0.754. The standard InChI is InChI=1S/C12H16N2O3/c1-3-9-4-6-10(7-5-9)12(16)14-13-11(15)8-17-2/h4-7H,3,8H2,1-2H3,(H,13,15)(H,14,16). The topological polar surface area (TPSA) is 67.4 Å². The molecule has 1 rings (SSSR count). The molecule has 0 radical (unpaired) electrons. The highest BCUT2D eigenvalue weighted by molar-refractivity contribution is 5.95. The highest BCUT2D eigenvalue weighted by atomic mass is 16.5. The Balaban J connectivity index is 2.49. The Hall–Kier alpha value is -1.88. The molecule has 0 fully saturated rings. The number of aryl methyl sites for hydroxylation is 1. The van der Waals surface area contributed by atoms with Gasteiger partial charge in [-0.2, -0.15) is 0 Å². The number of rotatable bonds is 4. The summed E-state index contributed by atoms with van der Waals surface area (Å²) in [4.78, 5) is 22.6. The molecule has 1 aromatic carbocycles. The molecule has 5 nitrogen and oxygen atoms in total. The second-order valence-electron chi connectivity index (χ2n) is 3.49. The first-order chi connectivity index (χ1) is 8.17. The van der Waals surface area contributed by atoms with E-state index in [0.29, 0.717) is 5.56 Å². The second-order valence-corrected chi connectivity index (χ2v) is 3.49. The van der Waals surface area contributed by atoms with E-state index < -0.39 is 5.91 Å². The Morgan fingerprint density at radius 1 is 1.18 bits per heavy atom. The van der Waals surface area contributed by atoms with E-state index >= 15 is 0 Å². The number of benzene rings is 1. The molecule has 0 bridgehead atoms. The van der Waals surface area contributed by atoms with Gasteiger partial charge in [-0.05, 0) is 24.1 Å². The Labute approximate surface area is 100 Å². The number of carbonyl (C=O) groups is 2. The molecule has 0 unspecified atom stereocenters. The molecule has 0 aliphatic rings. The van der Waals surface area contributed by atoms with Crippen LogP contribution in [0.2, 0.25) is 0 Å². The predicted molar refractivity (Wildman–Crippen MR) is 63.3 cm³/mol. The molecule has 0 heterocycles. The molecule has 17 heavy (non-hydrogen) atoms. The summed E-state index contributed by atoms with van der Waals surface area (Å²) in [6, 6.07) is 7.20. The van der Waals surface area contributed by atoms with Gasteiger partial charge in [0.1, 0.15) is 6.61 Å². The van der Waals surface area contributed by atoms with Crippen molar-refractivity contribution >= 4 is 11.8 Å². The van der Waals surface area contributed by atoms with Gasteiger partial charge in [-0.1, -0.05) is 19.1 Å². The van der Waals surface area contributed by atoms with Crippen molar-refractivity contribution < 1.29 is 14.3 Å². The molecular weight excluding hydrogens is 220 g/mol. The zero-order valence-corrected chi connectivity index (χ0v) is 9.95. The number of hydrogen-bond acceptors (Lipinski definition) is 3. The second kappa shape index (κ2) is 6.65. The van der Waals surface area contributed by atoms with E-state index in [0.717, 1.165) is 12.0 Å². The molecule has 0 saturated heterocycles. The molecule has 2 N–H and O–H groups in total. The van der Waals surface area contributed by atoms with Crippen molar-refractivity contribution in [3.05, 3.63) is 35.4 Å². The summed E-state index contributed by atoms with van der Waals surface area (Å²) in [6.45, 7) is 1.95. The SMILES string of the molecule is CCc1ccc(C(=O)NNC(=O)COC)cc1. The molecule has 0 saturated carbocycles. The van der Waals surface area contributed by atoms with Crippen molar-refractivity contribution in [2.75, 3.05) is 13.7 Å². The monoisotopic (exact) mass is 236 g/mol. The first-order valence-corrected chi connectivity index (χ1v) is 5.34. The van der Waals surface area contributed by atoms with E-state index in [1.54, 1.807) is 12.1 Å². The number of nitrogens with one attached hydrogen (secondary N) is 2. The normalized spacial score (nSPS) is 9.76. The number of amides is 2. The van der Waals surface area contributed by atoms with Crippen LogP contribution in [0.15, 0.2) is 24.3 Å². The van der Waals surface area contributed by atoms with Crippen molar-refractivity contribution in [1.29, 1.82) is 0 Å². The van der Waals surface area contributed by atoms with Crippen LogP contribution < -0.4 is 10.9 Å². The number of ether oxygens (including phenoxy) is 1. The lowest BCUT2D eigenvalue weighted by Gasteiger charge is -2.07. The van der Waals surface area contributed by atoms with Crippen molar-refractivity contribution in [3.63, 3.8) is 0 Å². The van der Waals surface area contributed by atoms with Crippen molar-refractivity contribution in [2.24, 2.45) is 0 Å². The fraction of sp³-hybridized carbons (Fsp3) is 0.333. The zero-order valence-electron chi connectivity index (χ0n) is 9.95. The van der Waals surface area contributed by atoms with Crippen molar-refractivity contribution in [1.82, 2.24) is 10.9 Å². The van der Waals surface area contributed by atoms with Crippen LogP contribution in [-0.4, -0.2) is 25.5 Å². The van der Waals surface area contributed by atoms with Gasteiger partial charge in [0.15, 0.2) is 0 Å². The van der Waals surface area contributed by atoms with E-state index in [9.17, 15) is 9.59 Å². The van der Waals surface area contributed by atoms with E-state index in [2.05, 4.69) is 15.6 Å². The third-order valence-electron chi connectivity index (χ3n) is 2.22. The van der Waals surface area contributed by atoms with Gasteiger partial charge in [0.05, 0.1) is 0 Å². The smallest absolute Gasteiger partial charge is 0.269 e. The van der Waals surface area contributed by atoms with E-state index in [1.165, 1.54) is 7.11 Å². The number of hydrazine groups is 1. The number of hydrogen-bond donors (Lipinski definition) is 2. The van der Waals surface area contributed by atoms with Crippen LogP contribution in [0.5, 0.6) is 0 Å². The summed E-state index contributed by atoms with van der Waals surface area (Å²) in [5.41, 5.74) is 6.21. The predicted octanol–water partition coefficient (Wildman–Crippen LogP) is 0.656. The van der Waals surface area contributed by atoms with Gasteiger partial charge in [0, 0.05) is 12.7 Å². The maximum absolute atomic E-state index is 11.6. The van der Waals surface area contributed by atoms with Gasteiger partial charge in [0.25, 0.3) is 11.8 Å². The van der Waals surface area contributed by atoms with Crippen LogP contribution in [-0.2, 0) is 16.0 Å². The Morgan fingerprint density at radius 3 is 2.35 bits per heavy atom. The third-order valence-corrected chi connectivity index (χ3v) is 2.22. The van der Waals surface area contributed by atoms with Crippen molar-refractivity contribution in [2.45, 2.75) is 13.3 Å². The number of methoxy groups -OCH3 is 1. The van der Waals surface area contributed by atoms with Crippen LogP contribution >= 0.6 is 0 Å². The molecule has 92 valence electrons. The molecule has 0 atom stereocenters. The zero-order chi connectivity index (χ0) is 12.7. The molecule has 5 heteroatoms. The van der Waals surface area contributed by atoms with Gasteiger partial charge in [-0.15, -0.1) is 0 Å². The summed E-state index contributed by atoms with van der Waals surface area (Å²) >= 11 is 0. The Kier molecular flexibility index (Phi) is 5.16. The lowest BCUT2D eigenvalue weighted by molar-refractivity contribution is -0.125. The van der Waals surface area contributed by atoms with E-state index in [-0.39, 0.29) is 12.5 Å². The highest BCUT2D eigenvalue weighted by Crippen LogP contribution is 2.04. The summed E-state index contributed by atoms with van der Waals surface area (Å²) in [5.74, 6) is -0.747. The van der Waals surface area contributed by atoms with Gasteiger partial charge >= 0.3 is 0 Å². The van der Waals surface area contributed by atoms with Crippen LogP contribution in [0.4, 0.5) is 0 Å². The Bertz CT molecular complexity index is 387. The average Bonchev–Trinajstić information content (AvgIpc) is 2.36. The lowest BCUT2D eigenvalue weighted by Crippen LogP contribution is -2.43. The molecule has 0 aliphatic carbocycles. The molecule has 1 aromatic rings. The van der Waals surface area contributed by atoms with Crippen LogP contribution in [0.3, 0.4) is 0 Å². The number of carbonyl (C=O) groups excluding carboxylic acids is 2. The first-order valence-electron chi connectivity index (χ1n) is 5.34. The highest BCUT2D eigenvalue weighted by Gasteiger charge is 2.06. The van der Waals surface area contributed by atoms with Crippen LogP contribution in [0, 0.1) is 0 Å².